The average Bonchev–Trinajstić information content (AvgIpc) is 2.29. The van der Waals surface area contributed by atoms with Gasteiger partial charge in [-0.15, -0.1) is 0 Å². The van der Waals surface area contributed by atoms with Crippen molar-refractivity contribution in [2.45, 2.75) is 5.33 Å². The molecule has 0 saturated heterocycles. The van der Waals surface area contributed by atoms with Crippen molar-refractivity contribution in [3.8, 4) is 0 Å². The smallest absolute Gasteiger partial charge is 0.326 e. The molecule has 3 N–H and O–H groups in total. The molecule has 66 valence electrons. The second-order valence-corrected chi connectivity index (χ2v) is 2.87. The average molecular weight is 234 g/mol. The number of primary amides is 1. The predicted octanol–water partition coefficient (Wildman–Crippen LogP) is -0.293. The number of imidazole rings is 1. The molecule has 6 heteroatoms. The van der Waals surface area contributed by atoms with E-state index >= 15 is 0 Å². The van der Waals surface area contributed by atoms with Gasteiger partial charge in [-0.05, 0) is 0 Å². The maximum Gasteiger partial charge on any atom is 0.326 e. The number of aromatic nitrogens is 2. The quantitative estimate of drug-likeness (QED) is 0.689. The van der Waals surface area contributed by atoms with Gasteiger partial charge in [-0.25, -0.2) is 4.79 Å². The van der Waals surface area contributed by atoms with Crippen molar-refractivity contribution in [1.82, 2.24) is 9.55 Å². The lowest BCUT2D eigenvalue weighted by Gasteiger charge is -1.96. The number of hydrogen-bond acceptors (Lipinski definition) is 2. The second-order valence-electron chi connectivity index (χ2n) is 2.31. The zero-order valence-electron chi connectivity index (χ0n) is 6.43. The fourth-order valence-electron chi connectivity index (χ4n) is 0.913. The van der Waals surface area contributed by atoms with E-state index in [4.69, 9.17) is 5.73 Å². The molecule has 0 saturated carbocycles. The fourth-order valence-corrected chi connectivity index (χ4v) is 1.57. The Bertz CT molecular complexity index is 365. The lowest BCUT2D eigenvalue weighted by atomic mass is 10.3. The van der Waals surface area contributed by atoms with Crippen molar-refractivity contribution in [3.63, 3.8) is 0 Å². The molecule has 0 aromatic carbocycles. The number of rotatable bonds is 2. The Labute approximate surface area is 76.7 Å². The number of nitrogens with two attached hydrogens (primary N) is 1. The maximum absolute atomic E-state index is 11.0. The van der Waals surface area contributed by atoms with Crippen molar-refractivity contribution in [2.24, 2.45) is 12.8 Å². The van der Waals surface area contributed by atoms with Crippen LogP contribution in [0, 0.1) is 0 Å². The minimum atomic E-state index is -0.623. The molecule has 1 heterocycles. The lowest BCUT2D eigenvalue weighted by Crippen LogP contribution is -2.14. The van der Waals surface area contributed by atoms with Crippen LogP contribution in [-0.2, 0) is 12.4 Å². The minimum absolute atomic E-state index is 0.166. The molecule has 0 spiro atoms. The summed E-state index contributed by atoms with van der Waals surface area (Å²) in [7, 11) is 1.57. The van der Waals surface area contributed by atoms with E-state index in [0.29, 0.717) is 11.0 Å². The van der Waals surface area contributed by atoms with E-state index < -0.39 is 5.91 Å². The maximum atomic E-state index is 11.0. The highest BCUT2D eigenvalue weighted by molar-refractivity contribution is 9.08. The van der Waals surface area contributed by atoms with E-state index in [1.807, 2.05) is 0 Å². The molecular weight excluding hydrogens is 226 g/mol. The molecule has 0 atom stereocenters. The van der Waals surface area contributed by atoms with Crippen LogP contribution in [0.2, 0.25) is 0 Å². The Morgan fingerprint density at radius 3 is 2.67 bits per heavy atom. The van der Waals surface area contributed by atoms with Crippen LogP contribution in [0.15, 0.2) is 4.79 Å². The van der Waals surface area contributed by atoms with Crippen LogP contribution >= 0.6 is 15.9 Å². The molecular formula is C6H8BrN3O2. The summed E-state index contributed by atoms with van der Waals surface area (Å²) in [6.45, 7) is 0. The van der Waals surface area contributed by atoms with Crippen molar-refractivity contribution in [3.05, 3.63) is 21.9 Å². The van der Waals surface area contributed by atoms with Crippen LogP contribution < -0.4 is 11.4 Å². The van der Waals surface area contributed by atoms with Crippen LogP contribution in [0.3, 0.4) is 0 Å². The van der Waals surface area contributed by atoms with Crippen LogP contribution in [0.5, 0.6) is 0 Å². The van der Waals surface area contributed by atoms with Crippen molar-refractivity contribution in [1.29, 1.82) is 0 Å². The highest BCUT2D eigenvalue weighted by Gasteiger charge is 2.13. The topological polar surface area (TPSA) is 80.9 Å². The van der Waals surface area contributed by atoms with Crippen LogP contribution in [-0.4, -0.2) is 15.5 Å². The largest absolute Gasteiger partial charge is 0.364 e. The number of hydrogen-bond donors (Lipinski definition) is 2. The Morgan fingerprint density at radius 2 is 2.33 bits per heavy atom. The summed E-state index contributed by atoms with van der Waals surface area (Å²) < 4.78 is 1.34. The van der Waals surface area contributed by atoms with Crippen molar-refractivity contribution in [2.75, 3.05) is 0 Å². The number of carbonyl (C=O) groups excluding carboxylic acids is 1. The summed E-state index contributed by atoms with van der Waals surface area (Å²) >= 11 is 3.15. The number of carbonyl (C=O) groups is 1. The Balaban J connectivity index is 3.39. The SMILES string of the molecule is Cn1c(CBr)c(C(N)=O)[nH]c1=O. The molecule has 1 aromatic rings. The first kappa shape index (κ1) is 9.05. The summed E-state index contributed by atoms with van der Waals surface area (Å²) in [4.78, 5) is 24.1. The van der Waals surface area contributed by atoms with Crippen molar-refractivity contribution < 1.29 is 4.79 Å². The standard InChI is InChI=1S/C6H8BrN3O2/c1-10-3(2-7)4(5(8)11)9-6(10)12/h2H2,1H3,(H2,8,11)(H,9,12). The number of nitrogens with zero attached hydrogens (tertiary/aromatic N) is 1. The van der Waals surface area contributed by atoms with E-state index in [1.54, 1.807) is 7.05 Å². The number of H-pyrrole nitrogens is 1. The van der Waals surface area contributed by atoms with Gasteiger partial charge in [0.15, 0.2) is 0 Å². The first-order valence-electron chi connectivity index (χ1n) is 3.21. The molecule has 5 nitrogen and oxygen atoms in total. The van der Waals surface area contributed by atoms with E-state index in [0.717, 1.165) is 0 Å². The van der Waals surface area contributed by atoms with Gasteiger partial charge in [-0.1, -0.05) is 15.9 Å². The zero-order valence-corrected chi connectivity index (χ0v) is 8.01. The molecule has 1 amide bonds. The first-order valence-corrected chi connectivity index (χ1v) is 4.33. The Kier molecular flexibility index (Phi) is 2.37. The van der Waals surface area contributed by atoms with E-state index in [-0.39, 0.29) is 11.4 Å². The summed E-state index contributed by atoms with van der Waals surface area (Å²) in [6.07, 6.45) is 0. The zero-order chi connectivity index (χ0) is 9.30. The molecule has 1 aromatic heterocycles. The summed E-state index contributed by atoms with van der Waals surface area (Å²) in [6, 6.07) is 0. The number of aromatic amines is 1. The fraction of sp³-hybridized carbons (Fsp3) is 0.333. The summed E-state index contributed by atoms with van der Waals surface area (Å²) in [5, 5.41) is 0.417. The minimum Gasteiger partial charge on any atom is -0.364 e. The third kappa shape index (κ3) is 1.29. The molecule has 1 rings (SSSR count). The molecule has 0 unspecified atom stereocenters. The molecule has 0 aliphatic rings. The van der Waals surface area contributed by atoms with E-state index in [2.05, 4.69) is 20.9 Å². The van der Waals surface area contributed by atoms with Gasteiger partial charge in [0.1, 0.15) is 5.69 Å². The Morgan fingerprint density at radius 1 is 1.75 bits per heavy atom. The van der Waals surface area contributed by atoms with Gasteiger partial charge in [0.05, 0.1) is 5.69 Å². The van der Waals surface area contributed by atoms with Gasteiger partial charge in [0.25, 0.3) is 5.91 Å². The number of alkyl halides is 1. The first-order chi connectivity index (χ1) is 5.57. The normalized spacial score (nSPS) is 10.2. The highest BCUT2D eigenvalue weighted by Crippen LogP contribution is 2.06. The second kappa shape index (κ2) is 3.14. The molecule has 12 heavy (non-hydrogen) atoms. The van der Waals surface area contributed by atoms with Gasteiger partial charge in [0.2, 0.25) is 0 Å². The van der Waals surface area contributed by atoms with E-state index in [1.165, 1.54) is 4.57 Å². The molecule has 0 aliphatic carbocycles. The van der Waals surface area contributed by atoms with Crippen LogP contribution in [0.4, 0.5) is 0 Å². The van der Waals surface area contributed by atoms with E-state index in [9.17, 15) is 9.59 Å². The van der Waals surface area contributed by atoms with Gasteiger partial charge in [0, 0.05) is 12.4 Å². The highest BCUT2D eigenvalue weighted by atomic mass is 79.9. The third-order valence-corrected chi connectivity index (χ3v) is 2.13. The third-order valence-electron chi connectivity index (χ3n) is 1.60. The van der Waals surface area contributed by atoms with Gasteiger partial charge < -0.3 is 10.7 Å². The monoisotopic (exact) mass is 233 g/mol. The van der Waals surface area contributed by atoms with Gasteiger partial charge in [-0.2, -0.15) is 0 Å². The van der Waals surface area contributed by atoms with Crippen LogP contribution in [0.1, 0.15) is 16.2 Å². The summed E-state index contributed by atoms with van der Waals surface area (Å²) in [5.74, 6) is -0.623. The molecule has 0 aliphatic heterocycles. The molecule has 0 bridgehead atoms. The van der Waals surface area contributed by atoms with Crippen molar-refractivity contribution >= 4 is 21.8 Å². The van der Waals surface area contributed by atoms with Gasteiger partial charge in [-0.3, -0.25) is 9.36 Å². The predicted molar refractivity (Wildman–Crippen MR) is 47.2 cm³/mol. The lowest BCUT2D eigenvalue weighted by molar-refractivity contribution is 0.0995. The Hall–Kier alpha value is -1.04. The molecule has 0 radical (unpaired) electrons. The van der Waals surface area contributed by atoms with Gasteiger partial charge >= 0.3 is 5.69 Å². The number of nitrogens with one attached hydrogen (secondary N) is 1. The molecule has 0 fully saturated rings. The summed E-state index contributed by atoms with van der Waals surface area (Å²) in [5.41, 5.74) is 5.42. The van der Waals surface area contributed by atoms with Crippen LogP contribution in [0.25, 0.3) is 0 Å². The number of halogens is 1. The number of amides is 1.